The fourth-order valence-corrected chi connectivity index (χ4v) is 2.02. The number of hydrogen-bond donors (Lipinski definition) is 1. The van der Waals surface area contributed by atoms with Gasteiger partial charge in [0.05, 0.1) is 6.10 Å². The molecule has 2 rings (SSSR count). The van der Waals surface area contributed by atoms with Crippen molar-refractivity contribution in [2.24, 2.45) is 0 Å². The normalized spacial score (nSPS) is 27.8. The van der Waals surface area contributed by atoms with Crippen LogP contribution in [-0.2, 0) is 0 Å². The second kappa shape index (κ2) is 3.46. The second-order valence-corrected chi connectivity index (χ2v) is 3.72. The first-order valence-corrected chi connectivity index (χ1v) is 4.69. The number of halogens is 1. The van der Waals surface area contributed by atoms with Crippen LogP contribution in [0, 0.1) is 5.82 Å². The molecule has 1 aromatic rings. The molecule has 0 saturated heterocycles. The monoisotopic (exact) mass is 180 g/mol. The third-order valence-corrected chi connectivity index (χ3v) is 2.73. The van der Waals surface area contributed by atoms with Crippen molar-refractivity contribution in [1.82, 2.24) is 0 Å². The van der Waals surface area contributed by atoms with Crippen molar-refractivity contribution in [3.05, 3.63) is 35.6 Å². The Balaban J connectivity index is 2.16. The molecule has 1 nitrogen and oxygen atoms in total. The first kappa shape index (κ1) is 8.70. The fraction of sp³-hybridized carbons (Fsp3) is 0.455. The zero-order valence-electron chi connectivity index (χ0n) is 7.41. The summed E-state index contributed by atoms with van der Waals surface area (Å²) in [6.45, 7) is 0. The standard InChI is InChI=1S/C11H13FO/c12-10-3-1-2-8(6-10)9-4-5-11(13)7-9/h1-3,6,9,11,13H,4-5,7H2/t9-,11-/m0/s1. The molecule has 1 aliphatic carbocycles. The van der Waals surface area contributed by atoms with E-state index in [1.54, 1.807) is 12.1 Å². The largest absolute Gasteiger partial charge is 0.393 e. The Bertz CT molecular complexity index is 298. The molecule has 0 bridgehead atoms. The van der Waals surface area contributed by atoms with E-state index in [0.717, 1.165) is 24.8 Å². The van der Waals surface area contributed by atoms with Gasteiger partial charge in [0, 0.05) is 0 Å². The van der Waals surface area contributed by atoms with Crippen molar-refractivity contribution in [3.8, 4) is 0 Å². The van der Waals surface area contributed by atoms with Crippen molar-refractivity contribution in [1.29, 1.82) is 0 Å². The van der Waals surface area contributed by atoms with E-state index < -0.39 is 0 Å². The highest BCUT2D eigenvalue weighted by molar-refractivity contribution is 5.21. The summed E-state index contributed by atoms with van der Waals surface area (Å²) < 4.78 is 12.9. The van der Waals surface area contributed by atoms with Crippen molar-refractivity contribution in [2.45, 2.75) is 31.3 Å². The molecule has 2 heteroatoms. The SMILES string of the molecule is O[C@H]1CC[C@H](c2cccc(F)c2)C1. The Morgan fingerprint density at radius 2 is 2.15 bits per heavy atom. The van der Waals surface area contributed by atoms with Crippen molar-refractivity contribution < 1.29 is 9.50 Å². The van der Waals surface area contributed by atoms with E-state index in [0.29, 0.717) is 5.92 Å². The average Bonchev–Trinajstić information content (AvgIpc) is 2.52. The van der Waals surface area contributed by atoms with E-state index in [2.05, 4.69) is 0 Å². The van der Waals surface area contributed by atoms with Gasteiger partial charge in [-0.15, -0.1) is 0 Å². The Hall–Kier alpha value is -0.890. The van der Waals surface area contributed by atoms with E-state index in [9.17, 15) is 9.50 Å². The van der Waals surface area contributed by atoms with Gasteiger partial charge in [0.1, 0.15) is 5.82 Å². The molecule has 0 aromatic heterocycles. The van der Waals surface area contributed by atoms with Crippen LogP contribution < -0.4 is 0 Å². The topological polar surface area (TPSA) is 20.2 Å². The van der Waals surface area contributed by atoms with Gasteiger partial charge >= 0.3 is 0 Å². The molecule has 1 aromatic carbocycles. The summed E-state index contributed by atoms with van der Waals surface area (Å²) in [7, 11) is 0. The molecule has 1 saturated carbocycles. The summed E-state index contributed by atoms with van der Waals surface area (Å²) in [6, 6.07) is 6.69. The molecule has 0 heterocycles. The predicted octanol–water partition coefficient (Wildman–Crippen LogP) is 2.45. The number of aliphatic hydroxyl groups excluding tert-OH is 1. The highest BCUT2D eigenvalue weighted by Crippen LogP contribution is 2.34. The van der Waals surface area contributed by atoms with Crippen LogP contribution in [0.5, 0.6) is 0 Å². The van der Waals surface area contributed by atoms with Gasteiger partial charge in [-0.05, 0) is 42.9 Å². The maximum atomic E-state index is 12.9. The molecule has 0 unspecified atom stereocenters. The van der Waals surface area contributed by atoms with E-state index in [4.69, 9.17) is 0 Å². The van der Waals surface area contributed by atoms with Crippen molar-refractivity contribution >= 4 is 0 Å². The number of hydrogen-bond acceptors (Lipinski definition) is 1. The summed E-state index contributed by atoms with van der Waals surface area (Å²) in [5, 5.41) is 9.34. The minimum atomic E-state index is -0.187. The van der Waals surface area contributed by atoms with Gasteiger partial charge in [0.2, 0.25) is 0 Å². The number of rotatable bonds is 1. The summed E-state index contributed by atoms with van der Waals surface area (Å²) in [5.41, 5.74) is 1.02. The number of aliphatic hydroxyl groups is 1. The second-order valence-electron chi connectivity index (χ2n) is 3.72. The lowest BCUT2D eigenvalue weighted by atomic mass is 9.98. The van der Waals surface area contributed by atoms with Crippen LogP contribution in [0.4, 0.5) is 4.39 Å². The lowest BCUT2D eigenvalue weighted by molar-refractivity contribution is 0.181. The third kappa shape index (κ3) is 1.89. The van der Waals surface area contributed by atoms with Crippen LogP contribution in [0.2, 0.25) is 0 Å². The van der Waals surface area contributed by atoms with Gasteiger partial charge < -0.3 is 5.11 Å². The van der Waals surface area contributed by atoms with Crippen LogP contribution in [-0.4, -0.2) is 11.2 Å². The van der Waals surface area contributed by atoms with Gasteiger partial charge in [-0.2, -0.15) is 0 Å². The number of benzene rings is 1. The summed E-state index contributed by atoms with van der Waals surface area (Å²) in [6.07, 6.45) is 2.42. The molecule has 0 aliphatic heterocycles. The minimum absolute atomic E-state index is 0.182. The van der Waals surface area contributed by atoms with Crippen molar-refractivity contribution in [3.63, 3.8) is 0 Å². The van der Waals surface area contributed by atoms with Crippen LogP contribution in [0.15, 0.2) is 24.3 Å². The van der Waals surface area contributed by atoms with Crippen LogP contribution >= 0.6 is 0 Å². The molecular weight excluding hydrogens is 167 g/mol. The Kier molecular flexibility index (Phi) is 2.32. The zero-order valence-corrected chi connectivity index (χ0v) is 7.41. The smallest absolute Gasteiger partial charge is 0.123 e. The van der Waals surface area contributed by atoms with Crippen LogP contribution in [0.25, 0.3) is 0 Å². The van der Waals surface area contributed by atoms with E-state index in [1.807, 2.05) is 6.07 Å². The van der Waals surface area contributed by atoms with Crippen molar-refractivity contribution in [2.75, 3.05) is 0 Å². The van der Waals surface area contributed by atoms with Gasteiger partial charge in [-0.1, -0.05) is 12.1 Å². The highest BCUT2D eigenvalue weighted by atomic mass is 19.1. The van der Waals surface area contributed by atoms with Crippen LogP contribution in [0.1, 0.15) is 30.7 Å². The van der Waals surface area contributed by atoms with E-state index in [-0.39, 0.29) is 11.9 Å². The van der Waals surface area contributed by atoms with E-state index in [1.165, 1.54) is 6.07 Å². The molecule has 13 heavy (non-hydrogen) atoms. The molecule has 0 spiro atoms. The molecule has 0 amide bonds. The molecule has 1 N–H and O–H groups in total. The first-order valence-electron chi connectivity index (χ1n) is 4.69. The molecule has 1 aliphatic rings. The average molecular weight is 180 g/mol. The van der Waals surface area contributed by atoms with Crippen LogP contribution in [0.3, 0.4) is 0 Å². The fourth-order valence-electron chi connectivity index (χ4n) is 2.02. The first-order chi connectivity index (χ1) is 6.25. The Morgan fingerprint density at radius 1 is 1.31 bits per heavy atom. The minimum Gasteiger partial charge on any atom is -0.393 e. The lowest BCUT2D eigenvalue weighted by Crippen LogP contribution is -1.99. The quantitative estimate of drug-likeness (QED) is 0.703. The van der Waals surface area contributed by atoms with Gasteiger partial charge in [-0.3, -0.25) is 0 Å². The maximum Gasteiger partial charge on any atom is 0.123 e. The third-order valence-electron chi connectivity index (χ3n) is 2.73. The summed E-state index contributed by atoms with van der Waals surface area (Å²) in [4.78, 5) is 0. The molecule has 70 valence electrons. The Labute approximate surface area is 77.2 Å². The van der Waals surface area contributed by atoms with Gasteiger partial charge in [-0.25, -0.2) is 4.39 Å². The summed E-state index contributed by atoms with van der Waals surface area (Å²) >= 11 is 0. The summed E-state index contributed by atoms with van der Waals surface area (Å²) in [5.74, 6) is 0.171. The molecule has 2 atom stereocenters. The molecule has 0 radical (unpaired) electrons. The van der Waals surface area contributed by atoms with Gasteiger partial charge in [0.25, 0.3) is 0 Å². The molecular formula is C11H13FO. The van der Waals surface area contributed by atoms with E-state index >= 15 is 0 Å². The highest BCUT2D eigenvalue weighted by Gasteiger charge is 2.23. The maximum absolute atomic E-state index is 12.9. The predicted molar refractivity (Wildman–Crippen MR) is 49.0 cm³/mol. The zero-order chi connectivity index (χ0) is 9.26. The Morgan fingerprint density at radius 3 is 2.77 bits per heavy atom. The molecule has 1 fully saturated rings. The lowest BCUT2D eigenvalue weighted by Gasteiger charge is -2.08. The van der Waals surface area contributed by atoms with Gasteiger partial charge in [0.15, 0.2) is 0 Å².